The minimum atomic E-state index is -3.98. The molecular weight excluding hydrogens is 578 g/mol. The summed E-state index contributed by atoms with van der Waals surface area (Å²) < 4.78 is 61.6. The fourth-order valence-electron chi connectivity index (χ4n) is 4.60. The Labute approximate surface area is 249 Å². The van der Waals surface area contributed by atoms with Crippen LogP contribution in [0.2, 0.25) is 0 Å². The number of alkyl carbamates (subject to hydrolysis) is 1. The minimum absolute atomic E-state index is 0.0387. The number of nitrogens with zero attached hydrogens (tertiary/aromatic N) is 2. The zero-order valence-corrected chi connectivity index (χ0v) is 25.3. The van der Waals surface area contributed by atoms with E-state index in [1.165, 1.54) is 54.9 Å². The third kappa shape index (κ3) is 7.37. The number of amides is 2. The van der Waals surface area contributed by atoms with Gasteiger partial charge in [0.15, 0.2) is 5.65 Å². The molecule has 4 rings (SSSR count). The normalized spacial score (nSPS) is 12.9. The molecule has 43 heavy (non-hydrogen) atoms. The van der Waals surface area contributed by atoms with Crippen molar-refractivity contribution in [1.29, 1.82) is 0 Å². The summed E-state index contributed by atoms with van der Waals surface area (Å²) in [6, 6.07) is 14.0. The van der Waals surface area contributed by atoms with E-state index in [4.69, 9.17) is 4.74 Å². The third-order valence-electron chi connectivity index (χ3n) is 6.41. The first kappa shape index (κ1) is 31.6. The topological polar surface area (TPSA) is 119 Å². The molecule has 0 radical (unpaired) electrons. The lowest BCUT2D eigenvalue weighted by Crippen LogP contribution is -2.46. The molecule has 0 aliphatic carbocycles. The Kier molecular flexibility index (Phi) is 9.19. The lowest BCUT2D eigenvalue weighted by Gasteiger charge is -2.24. The van der Waals surface area contributed by atoms with Crippen molar-refractivity contribution in [2.24, 2.45) is 5.92 Å². The molecule has 2 N–H and O–H groups in total. The van der Waals surface area contributed by atoms with E-state index in [2.05, 4.69) is 15.6 Å². The monoisotopic (exact) mass is 612 g/mol. The Bertz CT molecular complexity index is 1730. The highest BCUT2D eigenvalue weighted by molar-refractivity contribution is 7.90. The second-order valence-electron chi connectivity index (χ2n) is 11.4. The molecule has 2 amide bonds. The van der Waals surface area contributed by atoms with Crippen LogP contribution < -0.4 is 10.6 Å². The molecule has 0 bridgehead atoms. The van der Waals surface area contributed by atoms with Crippen molar-refractivity contribution in [2.75, 3.05) is 5.32 Å². The molecule has 4 aromatic rings. The smallest absolute Gasteiger partial charge is 0.408 e. The third-order valence-corrected chi connectivity index (χ3v) is 8.09. The van der Waals surface area contributed by atoms with Gasteiger partial charge in [0, 0.05) is 29.0 Å². The summed E-state index contributed by atoms with van der Waals surface area (Å²) in [6.45, 7) is 8.87. The number of alkyl halides is 2. The van der Waals surface area contributed by atoms with Crippen molar-refractivity contribution >= 4 is 38.7 Å². The summed E-state index contributed by atoms with van der Waals surface area (Å²) in [4.78, 5) is 29.8. The lowest BCUT2D eigenvalue weighted by atomic mass is 9.97. The van der Waals surface area contributed by atoms with Crippen molar-refractivity contribution in [2.45, 2.75) is 64.0 Å². The van der Waals surface area contributed by atoms with E-state index in [-0.39, 0.29) is 33.3 Å². The summed E-state index contributed by atoms with van der Waals surface area (Å²) in [5.74, 6) is -0.543. The zero-order chi connectivity index (χ0) is 31.5. The second-order valence-corrected chi connectivity index (χ2v) is 13.3. The number of hydrogen-bond donors (Lipinski definition) is 2. The van der Waals surface area contributed by atoms with Crippen LogP contribution in [0.15, 0.2) is 78.0 Å². The average Bonchev–Trinajstić information content (AvgIpc) is 3.37. The highest BCUT2D eigenvalue weighted by atomic mass is 32.2. The zero-order valence-electron chi connectivity index (χ0n) is 24.5. The molecule has 228 valence electrons. The molecule has 2 aromatic heterocycles. The highest BCUT2D eigenvalue weighted by Gasteiger charge is 2.27. The number of rotatable bonds is 9. The van der Waals surface area contributed by atoms with Gasteiger partial charge in [0.25, 0.3) is 16.4 Å². The molecule has 9 nitrogen and oxygen atoms in total. The Hall–Kier alpha value is -4.32. The number of benzene rings is 2. The van der Waals surface area contributed by atoms with E-state index < -0.39 is 40.1 Å². The largest absolute Gasteiger partial charge is 0.444 e. The fraction of sp³-hybridized carbons (Fsp3) is 0.323. The molecule has 12 heteroatoms. The van der Waals surface area contributed by atoms with E-state index in [1.807, 2.05) is 13.8 Å². The maximum atomic E-state index is 14.4. The van der Waals surface area contributed by atoms with Gasteiger partial charge < -0.3 is 15.4 Å². The molecule has 1 atom stereocenters. The predicted octanol–water partition coefficient (Wildman–Crippen LogP) is 6.76. The lowest BCUT2D eigenvalue weighted by molar-refractivity contribution is -0.118. The Balaban J connectivity index is 1.67. The van der Waals surface area contributed by atoms with Gasteiger partial charge in [0.05, 0.1) is 4.90 Å². The van der Waals surface area contributed by atoms with Gasteiger partial charge in [0.2, 0.25) is 5.91 Å². The van der Waals surface area contributed by atoms with Crippen molar-refractivity contribution in [3.63, 3.8) is 0 Å². The van der Waals surface area contributed by atoms with Crippen molar-refractivity contribution in [3.05, 3.63) is 78.6 Å². The van der Waals surface area contributed by atoms with Crippen LogP contribution >= 0.6 is 0 Å². The standard InChI is InChI=1S/C31H34F2N4O5S/c1-19(2)17-26(36-30(39)42-31(3,4)5)29(38)35-20-11-12-22(25(18-20)27(32)33)23-13-15-34-28-24(23)14-16-37(28)43(40,41)21-9-7-6-8-10-21/h6-16,18-19,26-27H,17H2,1-5H3,(H,35,38)(H,36,39)/t26-/m1/s1. The maximum Gasteiger partial charge on any atom is 0.408 e. The minimum Gasteiger partial charge on any atom is -0.444 e. The summed E-state index contributed by atoms with van der Waals surface area (Å²) in [6.07, 6.45) is -0.690. The van der Waals surface area contributed by atoms with Crippen LogP contribution in [-0.2, 0) is 19.6 Å². The van der Waals surface area contributed by atoms with E-state index in [0.29, 0.717) is 17.4 Å². The summed E-state index contributed by atoms with van der Waals surface area (Å²) in [5, 5.41) is 5.56. The number of hydrogen-bond acceptors (Lipinski definition) is 6. The number of carbonyl (C=O) groups excluding carboxylic acids is 2. The van der Waals surface area contributed by atoms with E-state index in [0.717, 1.165) is 3.97 Å². The number of halogens is 2. The summed E-state index contributed by atoms with van der Waals surface area (Å²) in [5.41, 5.74) is -0.437. The SMILES string of the molecule is CC(C)C[C@@H](NC(=O)OC(C)(C)C)C(=O)Nc1ccc(-c2ccnc3c2ccn3S(=O)(=O)c2ccccc2)c(C(F)F)c1. The van der Waals surface area contributed by atoms with E-state index in [1.54, 1.807) is 39.0 Å². The number of carbonyl (C=O) groups is 2. The second kappa shape index (κ2) is 12.5. The number of anilines is 1. The van der Waals surface area contributed by atoms with Crippen LogP contribution in [0.4, 0.5) is 19.3 Å². The molecule has 0 aliphatic rings. The van der Waals surface area contributed by atoms with E-state index >= 15 is 0 Å². The van der Waals surface area contributed by atoms with Gasteiger partial charge in [0.1, 0.15) is 11.6 Å². The highest BCUT2D eigenvalue weighted by Crippen LogP contribution is 2.37. The molecule has 0 unspecified atom stereocenters. The predicted molar refractivity (Wildman–Crippen MR) is 160 cm³/mol. The average molecular weight is 613 g/mol. The first-order valence-corrected chi connectivity index (χ1v) is 15.1. The van der Waals surface area contributed by atoms with Gasteiger partial charge in [-0.15, -0.1) is 0 Å². The maximum absolute atomic E-state index is 14.4. The van der Waals surface area contributed by atoms with E-state index in [9.17, 15) is 26.8 Å². The van der Waals surface area contributed by atoms with Crippen LogP contribution in [0, 0.1) is 5.92 Å². The Morgan fingerprint density at radius 3 is 2.33 bits per heavy atom. The molecule has 2 heterocycles. The number of nitrogens with one attached hydrogen (secondary N) is 2. The molecule has 0 aliphatic heterocycles. The number of pyridine rings is 1. The molecule has 0 saturated heterocycles. The molecular formula is C31H34F2N4O5S. The van der Waals surface area contributed by atoms with Gasteiger partial charge in [-0.05, 0) is 80.6 Å². The Morgan fingerprint density at radius 2 is 1.70 bits per heavy atom. The van der Waals surface area contributed by atoms with Crippen molar-refractivity contribution in [1.82, 2.24) is 14.3 Å². The fourth-order valence-corrected chi connectivity index (χ4v) is 5.92. The quantitative estimate of drug-likeness (QED) is 0.216. The summed E-state index contributed by atoms with van der Waals surface area (Å²) >= 11 is 0. The van der Waals surface area contributed by atoms with Gasteiger partial charge in [-0.25, -0.2) is 30.9 Å². The first-order chi connectivity index (χ1) is 20.2. The Morgan fingerprint density at radius 1 is 1.00 bits per heavy atom. The van der Waals surface area contributed by atoms with Gasteiger partial charge in [-0.3, -0.25) is 4.79 Å². The van der Waals surface area contributed by atoms with Crippen LogP contribution in [0.5, 0.6) is 0 Å². The molecule has 0 spiro atoms. The van der Waals surface area contributed by atoms with Crippen LogP contribution in [0.3, 0.4) is 0 Å². The van der Waals surface area contributed by atoms with Crippen molar-refractivity contribution < 1.29 is 31.5 Å². The van der Waals surface area contributed by atoms with Crippen LogP contribution in [0.1, 0.15) is 53.0 Å². The van der Waals surface area contributed by atoms with Gasteiger partial charge in [-0.2, -0.15) is 0 Å². The number of fused-ring (bicyclic) bond motifs is 1. The molecule has 2 aromatic carbocycles. The molecule has 0 saturated carbocycles. The van der Waals surface area contributed by atoms with Gasteiger partial charge >= 0.3 is 6.09 Å². The first-order valence-electron chi connectivity index (χ1n) is 13.7. The number of aromatic nitrogens is 2. The molecule has 0 fully saturated rings. The summed E-state index contributed by atoms with van der Waals surface area (Å²) in [7, 11) is -3.98. The van der Waals surface area contributed by atoms with Crippen LogP contribution in [-0.4, -0.2) is 41.0 Å². The van der Waals surface area contributed by atoms with Crippen LogP contribution in [0.25, 0.3) is 22.2 Å². The van der Waals surface area contributed by atoms with Gasteiger partial charge in [-0.1, -0.05) is 38.1 Å². The number of ether oxygens (including phenoxy) is 1. The van der Waals surface area contributed by atoms with Crippen molar-refractivity contribution in [3.8, 4) is 11.1 Å².